The highest BCUT2D eigenvalue weighted by Crippen LogP contribution is 2.33. The number of hydrogen-bond acceptors (Lipinski definition) is 4. The monoisotopic (exact) mass is 294 g/mol. The summed E-state index contributed by atoms with van der Waals surface area (Å²) in [5, 5.41) is 2.02. The molecule has 2 aliphatic rings. The summed E-state index contributed by atoms with van der Waals surface area (Å²) in [6, 6.07) is 7.43. The highest BCUT2D eigenvalue weighted by atomic mass is 16.2. The van der Waals surface area contributed by atoms with E-state index in [0.29, 0.717) is 18.7 Å². The zero-order valence-electron chi connectivity index (χ0n) is 11.8. The number of amides is 2. The number of carbonyl (C=O) groups excluding carboxylic acids is 2. The number of rotatable bonds is 1. The average molecular weight is 294 g/mol. The fraction of sp³-hybridized carbons (Fsp3) is 0.250. The molecule has 22 heavy (non-hydrogen) atoms. The largest absolute Gasteiger partial charge is 0.273 e. The molecule has 2 amide bonds. The van der Waals surface area contributed by atoms with Crippen LogP contribution in [0.5, 0.6) is 0 Å². The van der Waals surface area contributed by atoms with Crippen molar-refractivity contribution in [2.24, 2.45) is 11.8 Å². The SMILES string of the molecule is O=C1NN(c2ncnc3ccccc23)C(=O)[C@H]2CC=CC[C@@H]12. The van der Waals surface area contributed by atoms with Crippen LogP contribution in [0.2, 0.25) is 0 Å². The lowest BCUT2D eigenvalue weighted by atomic mass is 9.80. The molecule has 1 aromatic heterocycles. The predicted octanol–water partition coefficient (Wildman–Crippen LogP) is 1.59. The Labute approximate surface area is 126 Å². The summed E-state index contributed by atoms with van der Waals surface area (Å²) in [7, 11) is 0. The number of hydrazine groups is 1. The third kappa shape index (κ3) is 1.88. The summed E-state index contributed by atoms with van der Waals surface area (Å²) in [5.74, 6) is -0.402. The molecule has 1 fully saturated rings. The molecule has 0 radical (unpaired) electrons. The number of aromatic nitrogens is 2. The molecule has 0 unspecified atom stereocenters. The second-order valence-corrected chi connectivity index (χ2v) is 5.52. The van der Waals surface area contributed by atoms with E-state index in [1.165, 1.54) is 11.3 Å². The van der Waals surface area contributed by atoms with Crippen LogP contribution < -0.4 is 10.4 Å². The molecular weight excluding hydrogens is 280 g/mol. The topological polar surface area (TPSA) is 75.2 Å². The van der Waals surface area contributed by atoms with Crippen LogP contribution in [0.25, 0.3) is 10.9 Å². The van der Waals surface area contributed by atoms with Gasteiger partial charge in [0.1, 0.15) is 6.33 Å². The van der Waals surface area contributed by atoms with E-state index >= 15 is 0 Å². The van der Waals surface area contributed by atoms with Crippen LogP contribution in [0.15, 0.2) is 42.7 Å². The van der Waals surface area contributed by atoms with E-state index in [0.717, 1.165) is 10.9 Å². The van der Waals surface area contributed by atoms with Crippen molar-refractivity contribution in [1.29, 1.82) is 0 Å². The standard InChI is InChI=1S/C16H14N4O2/c21-15-10-5-1-2-6-11(10)16(22)20(19-15)14-12-7-3-4-8-13(12)17-9-18-14/h1-4,7-11H,5-6H2,(H,19,21)/t10-,11+/m1/s1. The molecule has 0 saturated carbocycles. The first-order valence-corrected chi connectivity index (χ1v) is 7.25. The van der Waals surface area contributed by atoms with Gasteiger partial charge >= 0.3 is 0 Å². The Bertz CT molecular complexity index is 796. The molecule has 110 valence electrons. The van der Waals surface area contributed by atoms with Crippen LogP contribution in [0, 0.1) is 11.8 Å². The molecule has 1 N–H and O–H groups in total. The number of fused-ring (bicyclic) bond motifs is 2. The average Bonchev–Trinajstić information content (AvgIpc) is 2.58. The number of benzene rings is 1. The third-order valence-electron chi connectivity index (χ3n) is 4.26. The van der Waals surface area contributed by atoms with Gasteiger partial charge in [0.15, 0.2) is 5.82 Å². The summed E-state index contributed by atoms with van der Waals surface area (Å²) in [6.45, 7) is 0. The van der Waals surface area contributed by atoms with Gasteiger partial charge in [-0.05, 0) is 25.0 Å². The minimum absolute atomic E-state index is 0.113. The van der Waals surface area contributed by atoms with Crippen LogP contribution in [-0.2, 0) is 9.59 Å². The number of nitrogens with zero attached hydrogens (tertiary/aromatic N) is 3. The third-order valence-corrected chi connectivity index (χ3v) is 4.26. The van der Waals surface area contributed by atoms with Crippen LogP contribution in [0.3, 0.4) is 0 Å². The zero-order chi connectivity index (χ0) is 15.1. The maximum atomic E-state index is 12.8. The van der Waals surface area contributed by atoms with Crippen LogP contribution in [0.4, 0.5) is 5.82 Å². The molecule has 2 aromatic rings. The molecule has 1 saturated heterocycles. The van der Waals surface area contributed by atoms with E-state index in [9.17, 15) is 9.59 Å². The first kappa shape index (κ1) is 12.9. The zero-order valence-corrected chi connectivity index (χ0v) is 11.8. The van der Waals surface area contributed by atoms with Gasteiger partial charge in [0.05, 0.1) is 17.4 Å². The van der Waals surface area contributed by atoms with Crippen molar-refractivity contribution in [1.82, 2.24) is 15.4 Å². The molecule has 1 aliphatic carbocycles. The fourth-order valence-electron chi connectivity index (χ4n) is 3.12. The molecular formula is C16H14N4O2. The van der Waals surface area contributed by atoms with Crippen LogP contribution >= 0.6 is 0 Å². The lowest BCUT2D eigenvalue weighted by Crippen LogP contribution is -2.59. The van der Waals surface area contributed by atoms with E-state index in [2.05, 4.69) is 15.4 Å². The number of anilines is 1. The van der Waals surface area contributed by atoms with Crippen molar-refractivity contribution in [2.75, 3.05) is 5.01 Å². The second-order valence-electron chi connectivity index (χ2n) is 5.52. The van der Waals surface area contributed by atoms with Gasteiger partial charge in [-0.25, -0.2) is 15.0 Å². The predicted molar refractivity (Wildman–Crippen MR) is 80.5 cm³/mol. The molecule has 6 heteroatoms. The first-order valence-electron chi connectivity index (χ1n) is 7.25. The van der Waals surface area contributed by atoms with Gasteiger partial charge in [-0.1, -0.05) is 24.3 Å². The van der Waals surface area contributed by atoms with Crippen molar-refractivity contribution in [3.05, 3.63) is 42.7 Å². The molecule has 0 spiro atoms. The maximum Gasteiger partial charge on any atom is 0.251 e. The molecule has 1 aromatic carbocycles. The fourth-order valence-corrected chi connectivity index (χ4v) is 3.12. The van der Waals surface area contributed by atoms with Gasteiger partial charge in [-0.2, -0.15) is 0 Å². The van der Waals surface area contributed by atoms with E-state index in [-0.39, 0.29) is 23.7 Å². The van der Waals surface area contributed by atoms with Gasteiger partial charge in [-0.15, -0.1) is 0 Å². The van der Waals surface area contributed by atoms with Gasteiger partial charge in [0.2, 0.25) is 5.91 Å². The number of allylic oxidation sites excluding steroid dienone is 2. The Morgan fingerprint density at radius 3 is 2.68 bits per heavy atom. The quantitative estimate of drug-likeness (QED) is 0.810. The lowest BCUT2D eigenvalue weighted by molar-refractivity contribution is -0.140. The summed E-state index contributed by atoms with van der Waals surface area (Å²) in [6.07, 6.45) is 6.54. The van der Waals surface area contributed by atoms with Crippen molar-refractivity contribution in [2.45, 2.75) is 12.8 Å². The minimum Gasteiger partial charge on any atom is -0.273 e. The van der Waals surface area contributed by atoms with Gasteiger partial charge < -0.3 is 0 Å². The molecule has 0 bridgehead atoms. The Hall–Kier alpha value is -2.76. The Kier molecular flexibility index (Phi) is 2.89. The number of carbonyl (C=O) groups is 2. The van der Waals surface area contributed by atoms with Crippen molar-refractivity contribution in [3.8, 4) is 0 Å². The molecule has 4 rings (SSSR count). The van der Waals surface area contributed by atoms with E-state index in [1.807, 2.05) is 36.4 Å². The summed E-state index contributed by atoms with van der Waals surface area (Å²) < 4.78 is 0. The van der Waals surface area contributed by atoms with Gasteiger partial charge in [-0.3, -0.25) is 15.0 Å². The molecule has 6 nitrogen and oxygen atoms in total. The van der Waals surface area contributed by atoms with Gasteiger partial charge in [0, 0.05) is 5.39 Å². The van der Waals surface area contributed by atoms with Crippen LogP contribution in [-0.4, -0.2) is 21.8 Å². The smallest absolute Gasteiger partial charge is 0.251 e. The van der Waals surface area contributed by atoms with Crippen molar-refractivity contribution < 1.29 is 9.59 Å². The minimum atomic E-state index is -0.313. The Morgan fingerprint density at radius 2 is 1.82 bits per heavy atom. The highest BCUT2D eigenvalue weighted by Gasteiger charge is 2.43. The molecule has 2 atom stereocenters. The molecule has 2 heterocycles. The van der Waals surface area contributed by atoms with E-state index in [1.54, 1.807) is 0 Å². The Balaban J connectivity index is 1.80. The summed E-state index contributed by atoms with van der Waals surface area (Å²) >= 11 is 0. The first-order chi connectivity index (χ1) is 10.8. The van der Waals surface area contributed by atoms with Crippen LogP contribution in [0.1, 0.15) is 12.8 Å². The van der Waals surface area contributed by atoms with E-state index in [4.69, 9.17) is 0 Å². The summed E-state index contributed by atoms with van der Waals surface area (Å²) in [5.41, 5.74) is 3.43. The second kappa shape index (κ2) is 4.91. The number of hydrogen-bond donors (Lipinski definition) is 1. The lowest BCUT2D eigenvalue weighted by Gasteiger charge is -2.37. The highest BCUT2D eigenvalue weighted by molar-refractivity contribution is 6.07. The number of nitrogens with one attached hydrogen (secondary N) is 1. The van der Waals surface area contributed by atoms with E-state index < -0.39 is 0 Å². The van der Waals surface area contributed by atoms with Crippen molar-refractivity contribution in [3.63, 3.8) is 0 Å². The summed E-state index contributed by atoms with van der Waals surface area (Å²) in [4.78, 5) is 33.5. The Morgan fingerprint density at radius 1 is 1.05 bits per heavy atom. The van der Waals surface area contributed by atoms with Crippen molar-refractivity contribution >= 4 is 28.5 Å². The normalized spacial score (nSPS) is 24.3. The van der Waals surface area contributed by atoms with Gasteiger partial charge in [0.25, 0.3) is 5.91 Å². The maximum absolute atomic E-state index is 12.8. The number of para-hydroxylation sites is 1. The molecule has 1 aliphatic heterocycles.